The number of hydrogen-bond donors (Lipinski definition) is 0. The first-order chi connectivity index (χ1) is 6.86. The minimum Gasteiger partial charge on any atom is -0.265 e. The van der Waals surface area contributed by atoms with Crippen molar-refractivity contribution in [2.45, 2.75) is 19.3 Å². The third-order valence-corrected chi connectivity index (χ3v) is 3.17. The molecule has 0 amide bonds. The third-order valence-electron chi connectivity index (χ3n) is 2.16. The number of pyridine rings is 1. The van der Waals surface area contributed by atoms with Crippen molar-refractivity contribution in [1.82, 2.24) is 9.97 Å². The molecule has 2 heterocycles. The Labute approximate surface area is 87.7 Å². The number of thiazole rings is 1. The highest BCUT2D eigenvalue weighted by molar-refractivity contribution is 7.09. The summed E-state index contributed by atoms with van der Waals surface area (Å²) in [6.45, 7) is 2.21. The molecule has 0 N–H and O–H groups in total. The zero-order chi connectivity index (χ0) is 9.80. The second kappa shape index (κ2) is 4.33. The van der Waals surface area contributed by atoms with Gasteiger partial charge in [-0.15, -0.1) is 11.3 Å². The van der Waals surface area contributed by atoms with E-state index in [1.165, 1.54) is 10.6 Å². The van der Waals surface area contributed by atoms with Crippen LogP contribution in [0.15, 0.2) is 36.1 Å². The van der Waals surface area contributed by atoms with E-state index in [0.29, 0.717) is 5.92 Å². The molecular formula is C11H12N2S. The maximum absolute atomic E-state index is 4.32. The van der Waals surface area contributed by atoms with Crippen LogP contribution in [0.3, 0.4) is 0 Å². The summed E-state index contributed by atoms with van der Waals surface area (Å²) in [4.78, 5) is 8.32. The molecule has 0 spiro atoms. The van der Waals surface area contributed by atoms with Gasteiger partial charge in [0.1, 0.15) is 0 Å². The van der Waals surface area contributed by atoms with Crippen LogP contribution in [0.4, 0.5) is 0 Å². The molecule has 2 rings (SSSR count). The van der Waals surface area contributed by atoms with Crippen LogP contribution in [0.1, 0.15) is 23.4 Å². The maximum Gasteiger partial charge on any atom is 0.0956 e. The van der Waals surface area contributed by atoms with Gasteiger partial charge in [0.05, 0.1) is 5.01 Å². The van der Waals surface area contributed by atoms with E-state index in [1.807, 2.05) is 24.0 Å². The fourth-order valence-corrected chi connectivity index (χ4v) is 2.14. The number of rotatable bonds is 3. The number of aromatic nitrogens is 2. The molecule has 2 nitrogen and oxygen atoms in total. The van der Waals surface area contributed by atoms with Crippen LogP contribution in [-0.2, 0) is 6.42 Å². The highest BCUT2D eigenvalue weighted by Gasteiger charge is 2.08. The Kier molecular flexibility index (Phi) is 2.89. The van der Waals surface area contributed by atoms with Gasteiger partial charge in [0.2, 0.25) is 0 Å². The van der Waals surface area contributed by atoms with E-state index in [1.54, 1.807) is 11.3 Å². The minimum absolute atomic E-state index is 0.498. The van der Waals surface area contributed by atoms with Gasteiger partial charge < -0.3 is 0 Å². The lowest BCUT2D eigenvalue weighted by atomic mass is 10.0. The SMILES string of the molecule is CC(Cc1ccncc1)c1nccs1. The monoisotopic (exact) mass is 204 g/mol. The molecule has 14 heavy (non-hydrogen) atoms. The zero-order valence-corrected chi connectivity index (χ0v) is 8.87. The Bertz CT molecular complexity index is 369. The van der Waals surface area contributed by atoms with E-state index in [0.717, 1.165) is 6.42 Å². The highest BCUT2D eigenvalue weighted by Crippen LogP contribution is 2.21. The van der Waals surface area contributed by atoms with E-state index in [9.17, 15) is 0 Å². The third kappa shape index (κ3) is 2.17. The van der Waals surface area contributed by atoms with Gasteiger partial charge in [0, 0.05) is 29.9 Å². The van der Waals surface area contributed by atoms with Gasteiger partial charge in [-0.1, -0.05) is 6.92 Å². The van der Waals surface area contributed by atoms with E-state index < -0.39 is 0 Å². The molecule has 0 saturated heterocycles. The standard InChI is InChI=1S/C11H12N2S/c1-9(11-13-6-7-14-11)8-10-2-4-12-5-3-10/h2-7,9H,8H2,1H3. The average molecular weight is 204 g/mol. The maximum atomic E-state index is 4.32. The molecule has 0 aromatic carbocycles. The van der Waals surface area contributed by atoms with Crippen molar-refractivity contribution in [2.24, 2.45) is 0 Å². The van der Waals surface area contributed by atoms with Gasteiger partial charge in [0.15, 0.2) is 0 Å². The molecule has 1 unspecified atom stereocenters. The van der Waals surface area contributed by atoms with E-state index in [2.05, 4.69) is 29.0 Å². The second-order valence-electron chi connectivity index (χ2n) is 3.33. The van der Waals surface area contributed by atoms with Crippen molar-refractivity contribution < 1.29 is 0 Å². The summed E-state index contributed by atoms with van der Waals surface area (Å²) >= 11 is 1.72. The fourth-order valence-electron chi connectivity index (χ4n) is 1.44. The smallest absolute Gasteiger partial charge is 0.0956 e. The molecule has 0 aliphatic heterocycles. The van der Waals surface area contributed by atoms with E-state index >= 15 is 0 Å². The normalized spacial score (nSPS) is 12.6. The summed E-state index contributed by atoms with van der Waals surface area (Å²) in [5, 5.41) is 3.24. The van der Waals surface area contributed by atoms with Gasteiger partial charge in [-0.05, 0) is 24.1 Å². The first-order valence-electron chi connectivity index (χ1n) is 4.64. The van der Waals surface area contributed by atoms with Crippen LogP contribution in [-0.4, -0.2) is 9.97 Å². The topological polar surface area (TPSA) is 25.8 Å². The molecule has 0 fully saturated rings. The van der Waals surface area contributed by atoms with Gasteiger partial charge in [0.25, 0.3) is 0 Å². The molecule has 0 aliphatic carbocycles. The van der Waals surface area contributed by atoms with Crippen molar-refractivity contribution >= 4 is 11.3 Å². The zero-order valence-electron chi connectivity index (χ0n) is 8.05. The largest absolute Gasteiger partial charge is 0.265 e. The van der Waals surface area contributed by atoms with Crippen LogP contribution < -0.4 is 0 Å². The predicted molar refractivity (Wildman–Crippen MR) is 58.5 cm³/mol. The lowest BCUT2D eigenvalue weighted by Gasteiger charge is -2.07. The van der Waals surface area contributed by atoms with Gasteiger partial charge in [-0.3, -0.25) is 4.98 Å². The molecule has 2 aromatic heterocycles. The minimum atomic E-state index is 0.498. The lowest BCUT2D eigenvalue weighted by molar-refractivity contribution is 0.750. The Morgan fingerprint density at radius 1 is 1.29 bits per heavy atom. The van der Waals surface area contributed by atoms with Gasteiger partial charge >= 0.3 is 0 Å². The van der Waals surface area contributed by atoms with Crippen LogP contribution in [0, 0.1) is 0 Å². The van der Waals surface area contributed by atoms with Crippen LogP contribution >= 0.6 is 11.3 Å². The summed E-state index contributed by atoms with van der Waals surface area (Å²) in [5.74, 6) is 0.498. The fraction of sp³-hybridized carbons (Fsp3) is 0.273. The summed E-state index contributed by atoms with van der Waals surface area (Å²) in [7, 11) is 0. The van der Waals surface area contributed by atoms with Crippen LogP contribution in [0.2, 0.25) is 0 Å². The molecule has 3 heteroatoms. The lowest BCUT2D eigenvalue weighted by Crippen LogP contribution is -1.97. The van der Waals surface area contributed by atoms with Crippen molar-refractivity contribution in [3.05, 3.63) is 46.7 Å². The molecule has 72 valence electrons. The molecule has 1 atom stereocenters. The van der Waals surface area contributed by atoms with Crippen molar-refractivity contribution in [2.75, 3.05) is 0 Å². The van der Waals surface area contributed by atoms with Crippen molar-refractivity contribution in [3.8, 4) is 0 Å². The van der Waals surface area contributed by atoms with Crippen molar-refractivity contribution in [3.63, 3.8) is 0 Å². The molecule has 0 bridgehead atoms. The summed E-state index contributed by atoms with van der Waals surface area (Å²) < 4.78 is 0. The first-order valence-corrected chi connectivity index (χ1v) is 5.52. The molecule has 2 aromatic rings. The van der Waals surface area contributed by atoms with Gasteiger partial charge in [-0.2, -0.15) is 0 Å². The van der Waals surface area contributed by atoms with E-state index in [4.69, 9.17) is 0 Å². The summed E-state index contributed by atoms with van der Waals surface area (Å²) in [5.41, 5.74) is 1.32. The molecule has 0 radical (unpaired) electrons. The number of nitrogens with zero attached hydrogens (tertiary/aromatic N) is 2. The number of hydrogen-bond acceptors (Lipinski definition) is 3. The highest BCUT2D eigenvalue weighted by atomic mass is 32.1. The summed E-state index contributed by atoms with van der Waals surface area (Å²) in [6.07, 6.45) is 6.58. The summed E-state index contributed by atoms with van der Waals surface area (Å²) in [6, 6.07) is 4.12. The van der Waals surface area contributed by atoms with Crippen molar-refractivity contribution in [1.29, 1.82) is 0 Å². The first kappa shape index (κ1) is 9.34. The Balaban J connectivity index is 2.06. The predicted octanol–water partition coefficient (Wildman–Crippen LogP) is 2.88. The molecule has 0 aliphatic rings. The van der Waals surface area contributed by atoms with Gasteiger partial charge in [-0.25, -0.2) is 4.98 Å². The molecule has 0 saturated carbocycles. The second-order valence-corrected chi connectivity index (χ2v) is 4.26. The van der Waals surface area contributed by atoms with E-state index in [-0.39, 0.29) is 0 Å². The van der Waals surface area contributed by atoms with Crippen LogP contribution in [0.25, 0.3) is 0 Å². The quantitative estimate of drug-likeness (QED) is 0.768. The Morgan fingerprint density at radius 2 is 2.07 bits per heavy atom. The Hall–Kier alpha value is -1.22. The molecular weight excluding hydrogens is 192 g/mol. The Morgan fingerprint density at radius 3 is 2.71 bits per heavy atom. The average Bonchev–Trinajstić information content (AvgIpc) is 2.72. The van der Waals surface area contributed by atoms with Crippen LogP contribution in [0.5, 0.6) is 0 Å².